The first-order valence-corrected chi connectivity index (χ1v) is 8.16. The number of ether oxygens (including phenoxy) is 1. The van der Waals surface area contributed by atoms with Gasteiger partial charge in [0, 0.05) is 29.8 Å². The van der Waals surface area contributed by atoms with Gasteiger partial charge in [-0.15, -0.1) is 0 Å². The van der Waals surface area contributed by atoms with Gasteiger partial charge >= 0.3 is 0 Å². The van der Waals surface area contributed by atoms with E-state index in [9.17, 15) is 9.59 Å². The molecule has 126 valence electrons. The number of carbonyl (C=O) groups is 2. The maximum Gasteiger partial charge on any atom is 0.262 e. The highest BCUT2D eigenvalue weighted by Crippen LogP contribution is 2.22. The molecule has 0 spiro atoms. The number of benzene rings is 2. The van der Waals surface area contributed by atoms with E-state index >= 15 is 0 Å². The van der Waals surface area contributed by atoms with Gasteiger partial charge in [-0.3, -0.25) is 9.59 Å². The normalized spacial score (nSPS) is 10.2. The molecule has 0 saturated heterocycles. The molecule has 6 heteroatoms. The highest BCUT2D eigenvalue weighted by atomic mass is 79.9. The van der Waals surface area contributed by atoms with Crippen molar-refractivity contribution >= 4 is 33.4 Å². The zero-order valence-corrected chi connectivity index (χ0v) is 15.4. The lowest BCUT2D eigenvalue weighted by molar-refractivity contribution is -0.118. The molecule has 0 atom stereocenters. The van der Waals surface area contributed by atoms with Gasteiger partial charge in [0.2, 0.25) is 0 Å². The number of nitrogens with one attached hydrogen (secondary N) is 1. The van der Waals surface area contributed by atoms with Gasteiger partial charge in [0.15, 0.2) is 6.61 Å². The van der Waals surface area contributed by atoms with Crippen LogP contribution in [0.15, 0.2) is 46.9 Å². The van der Waals surface area contributed by atoms with Gasteiger partial charge in [0.1, 0.15) is 5.75 Å². The Morgan fingerprint density at radius 2 is 1.92 bits per heavy atom. The van der Waals surface area contributed by atoms with Crippen LogP contribution in [0, 0.1) is 6.92 Å². The van der Waals surface area contributed by atoms with Crippen LogP contribution in [0.1, 0.15) is 15.9 Å². The Kier molecular flexibility index (Phi) is 5.98. The first kappa shape index (κ1) is 18.0. The van der Waals surface area contributed by atoms with Crippen LogP contribution in [0.5, 0.6) is 5.75 Å². The summed E-state index contributed by atoms with van der Waals surface area (Å²) in [6, 6.07) is 12.4. The number of nitrogens with zero attached hydrogens (tertiary/aromatic N) is 1. The lowest BCUT2D eigenvalue weighted by Gasteiger charge is -2.12. The number of hydrogen-bond acceptors (Lipinski definition) is 3. The maximum atomic E-state index is 12.0. The molecule has 0 radical (unpaired) electrons. The van der Waals surface area contributed by atoms with Gasteiger partial charge in [-0.1, -0.05) is 22.0 Å². The average Bonchev–Trinajstić information content (AvgIpc) is 2.53. The van der Waals surface area contributed by atoms with E-state index in [2.05, 4.69) is 21.2 Å². The maximum absolute atomic E-state index is 12.0. The van der Waals surface area contributed by atoms with Crippen LogP contribution >= 0.6 is 15.9 Å². The number of hydrogen-bond donors (Lipinski definition) is 1. The predicted octanol–water partition coefficient (Wildman–Crippen LogP) is 3.48. The second kappa shape index (κ2) is 7.97. The number of carbonyl (C=O) groups excluding carboxylic acids is 2. The average molecular weight is 391 g/mol. The standard InChI is InChI=1S/C18H19BrN2O3/c1-12-9-14(19)7-8-16(12)24-11-17(22)20-15-6-4-5-13(10-15)18(23)21(2)3/h4-10H,11H2,1-3H3,(H,20,22). The van der Waals surface area contributed by atoms with Gasteiger partial charge in [0.05, 0.1) is 0 Å². The second-order valence-corrected chi connectivity index (χ2v) is 6.44. The lowest BCUT2D eigenvalue weighted by Crippen LogP contribution is -2.23. The van der Waals surface area contributed by atoms with Crippen molar-refractivity contribution in [1.29, 1.82) is 0 Å². The third kappa shape index (κ3) is 4.83. The van der Waals surface area contributed by atoms with Crippen LogP contribution in [-0.2, 0) is 4.79 Å². The van der Waals surface area contributed by atoms with E-state index in [1.807, 2.05) is 25.1 Å². The fraction of sp³-hybridized carbons (Fsp3) is 0.222. The van der Waals surface area contributed by atoms with Crippen LogP contribution < -0.4 is 10.1 Å². The van der Waals surface area contributed by atoms with Crippen LogP contribution in [0.3, 0.4) is 0 Å². The van der Waals surface area contributed by atoms with Crippen LogP contribution in [0.25, 0.3) is 0 Å². The molecule has 2 aromatic rings. The Morgan fingerprint density at radius 3 is 2.58 bits per heavy atom. The Balaban J connectivity index is 1.97. The first-order chi connectivity index (χ1) is 11.4. The zero-order chi connectivity index (χ0) is 17.7. The molecular weight excluding hydrogens is 372 g/mol. The Morgan fingerprint density at radius 1 is 1.17 bits per heavy atom. The summed E-state index contributed by atoms with van der Waals surface area (Å²) in [5, 5.41) is 2.73. The molecule has 0 bridgehead atoms. The zero-order valence-electron chi connectivity index (χ0n) is 13.8. The van der Waals surface area contributed by atoms with E-state index in [-0.39, 0.29) is 18.4 Å². The topological polar surface area (TPSA) is 58.6 Å². The molecule has 5 nitrogen and oxygen atoms in total. The summed E-state index contributed by atoms with van der Waals surface area (Å²) in [6.45, 7) is 1.81. The molecule has 0 aromatic heterocycles. The summed E-state index contributed by atoms with van der Waals surface area (Å²) < 4.78 is 6.49. The predicted molar refractivity (Wildman–Crippen MR) is 97.5 cm³/mol. The summed E-state index contributed by atoms with van der Waals surface area (Å²) in [5.74, 6) is 0.254. The molecule has 0 heterocycles. The van der Waals surface area contributed by atoms with Crippen LogP contribution in [0.2, 0.25) is 0 Å². The van der Waals surface area contributed by atoms with Crippen molar-refractivity contribution in [2.45, 2.75) is 6.92 Å². The lowest BCUT2D eigenvalue weighted by atomic mass is 10.2. The fourth-order valence-electron chi connectivity index (χ4n) is 2.10. The monoisotopic (exact) mass is 390 g/mol. The van der Waals surface area contributed by atoms with Gasteiger partial charge in [0.25, 0.3) is 11.8 Å². The first-order valence-electron chi connectivity index (χ1n) is 7.37. The SMILES string of the molecule is Cc1cc(Br)ccc1OCC(=O)Nc1cccc(C(=O)N(C)C)c1. The number of rotatable bonds is 5. The van der Waals surface area contributed by atoms with E-state index in [0.29, 0.717) is 17.0 Å². The molecule has 0 aliphatic heterocycles. The number of anilines is 1. The third-order valence-electron chi connectivity index (χ3n) is 3.30. The van der Waals surface area contributed by atoms with Crippen molar-refractivity contribution in [2.75, 3.05) is 26.0 Å². The molecule has 0 fully saturated rings. The minimum atomic E-state index is -0.285. The van der Waals surface area contributed by atoms with Gasteiger partial charge in [-0.2, -0.15) is 0 Å². The smallest absolute Gasteiger partial charge is 0.262 e. The van der Waals surface area contributed by atoms with Crippen LogP contribution in [-0.4, -0.2) is 37.4 Å². The minimum absolute atomic E-state index is 0.103. The fourth-order valence-corrected chi connectivity index (χ4v) is 2.58. The van der Waals surface area contributed by atoms with E-state index in [1.165, 1.54) is 4.90 Å². The van der Waals surface area contributed by atoms with Gasteiger partial charge in [-0.25, -0.2) is 0 Å². The highest BCUT2D eigenvalue weighted by Gasteiger charge is 2.10. The minimum Gasteiger partial charge on any atom is -0.483 e. The molecule has 24 heavy (non-hydrogen) atoms. The van der Waals surface area contributed by atoms with Crippen LogP contribution in [0.4, 0.5) is 5.69 Å². The van der Waals surface area contributed by atoms with E-state index < -0.39 is 0 Å². The Labute approximate surface area is 149 Å². The quantitative estimate of drug-likeness (QED) is 0.849. The largest absolute Gasteiger partial charge is 0.483 e. The van der Waals surface area contributed by atoms with Crippen molar-refractivity contribution in [3.63, 3.8) is 0 Å². The summed E-state index contributed by atoms with van der Waals surface area (Å²) in [7, 11) is 3.37. The molecule has 0 unspecified atom stereocenters. The summed E-state index contributed by atoms with van der Waals surface area (Å²) in [6.07, 6.45) is 0. The molecular formula is C18H19BrN2O3. The van der Waals surface area contributed by atoms with E-state index in [4.69, 9.17) is 4.74 Å². The van der Waals surface area contributed by atoms with Crippen molar-refractivity contribution in [1.82, 2.24) is 4.90 Å². The molecule has 0 saturated carbocycles. The summed E-state index contributed by atoms with van der Waals surface area (Å²) >= 11 is 3.38. The second-order valence-electron chi connectivity index (χ2n) is 5.53. The van der Waals surface area contributed by atoms with Crippen molar-refractivity contribution in [3.05, 3.63) is 58.1 Å². The van der Waals surface area contributed by atoms with E-state index in [0.717, 1.165) is 10.0 Å². The summed E-state index contributed by atoms with van der Waals surface area (Å²) in [5.41, 5.74) is 2.02. The number of aryl methyl sites for hydroxylation is 1. The van der Waals surface area contributed by atoms with Crippen molar-refractivity contribution in [2.24, 2.45) is 0 Å². The molecule has 0 aliphatic carbocycles. The third-order valence-corrected chi connectivity index (χ3v) is 3.79. The number of amides is 2. The Bertz CT molecular complexity index is 760. The summed E-state index contributed by atoms with van der Waals surface area (Å²) in [4.78, 5) is 25.5. The molecule has 2 rings (SSSR count). The Hall–Kier alpha value is -2.34. The molecule has 2 aromatic carbocycles. The van der Waals surface area contributed by atoms with Gasteiger partial charge < -0.3 is 15.0 Å². The van der Waals surface area contributed by atoms with Crippen molar-refractivity contribution < 1.29 is 14.3 Å². The van der Waals surface area contributed by atoms with E-state index in [1.54, 1.807) is 38.4 Å². The van der Waals surface area contributed by atoms with Gasteiger partial charge in [-0.05, 0) is 48.9 Å². The highest BCUT2D eigenvalue weighted by molar-refractivity contribution is 9.10. The van der Waals surface area contributed by atoms with Crippen molar-refractivity contribution in [3.8, 4) is 5.75 Å². The molecule has 1 N–H and O–H groups in total. The molecule has 2 amide bonds. The molecule has 0 aliphatic rings. The number of halogens is 1.